The molecule has 1 aliphatic rings. The van der Waals surface area contributed by atoms with E-state index in [1.165, 1.54) is 16.1 Å². The number of likely N-dealkylation sites (N-methyl/N-ethyl adjacent to an activating group) is 1. The van der Waals surface area contributed by atoms with Gasteiger partial charge in [-0.3, -0.25) is 19.5 Å². The molecule has 1 aromatic carbocycles. The van der Waals surface area contributed by atoms with Gasteiger partial charge in [-0.15, -0.1) is 0 Å². The summed E-state index contributed by atoms with van der Waals surface area (Å²) in [7, 11) is 1.60. The van der Waals surface area contributed by atoms with Crippen LogP contribution in [-0.2, 0) is 9.59 Å². The summed E-state index contributed by atoms with van der Waals surface area (Å²) in [4.78, 5) is 29.9. The molecule has 0 saturated heterocycles. The molecule has 1 heterocycles. The highest BCUT2D eigenvalue weighted by Crippen LogP contribution is 2.24. The summed E-state index contributed by atoms with van der Waals surface area (Å²) in [5, 5.41) is 0.891. The zero-order chi connectivity index (χ0) is 14.0. The molecule has 0 aromatic heterocycles. The van der Waals surface area contributed by atoms with Crippen molar-refractivity contribution in [1.29, 1.82) is 0 Å². The van der Waals surface area contributed by atoms with Crippen molar-refractivity contribution < 1.29 is 9.59 Å². The van der Waals surface area contributed by atoms with Gasteiger partial charge in [0, 0.05) is 22.8 Å². The van der Waals surface area contributed by atoms with Gasteiger partial charge in [0.1, 0.15) is 13.1 Å². The van der Waals surface area contributed by atoms with E-state index in [9.17, 15) is 9.59 Å². The average molecular weight is 300 g/mol. The third kappa shape index (κ3) is 3.24. The first-order chi connectivity index (χ1) is 8.97. The number of aliphatic imine (C=N–C) groups is 1. The molecule has 0 aliphatic carbocycles. The number of anilines is 1. The molecule has 2 amide bonds. The van der Waals surface area contributed by atoms with Crippen molar-refractivity contribution >= 4 is 47.0 Å². The van der Waals surface area contributed by atoms with Crippen LogP contribution in [0.3, 0.4) is 0 Å². The Morgan fingerprint density at radius 2 is 2.00 bits per heavy atom. The van der Waals surface area contributed by atoms with Gasteiger partial charge in [0.25, 0.3) is 0 Å². The molecule has 2 rings (SSSR count). The second-order valence-electron chi connectivity index (χ2n) is 4.06. The van der Waals surface area contributed by atoms with Crippen LogP contribution in [0, 0.1) is 0 Å². The fourth-order valence-electron chi connectivity index (χ4n) is 1.63. The van der Waals surface area contributed by atoms with Crippen molar-refractivity contribution in [2.45, 2.75) is 0 Å². The van der Waals surface area contributed by atoms with Gasteiger partial charge >= 0.3 is 0 Å². The molecule has 0 bridgehead atoms. The highest BCUT2D eigenvalue weighted by atomic mass is 35.5. The molecular formula is C12H11Cl2N3O2. The molecule has 0 radical (unpaired) electrons. The van der Waals surface area contributed by atoms with Crippen molar-refractivity contribution in [2.75, 3.05) is 25.0 Å². The lowest BCUT2D eigenvalue weighted by atomic mass is 10.3. The molecule has 1 aliphatic heterocycles. The smallest absolute Gasteiger partial charge is 0.249 e. The van der Waals surface area contributed by atoms with Crippen molar-refractivity contribution in [3.8, 4) is 0 Å². The summed E-state index contributed by atoms with van der Waals surface area (Å²) in [5.41, 5.74) is 0.575. The average Bonchev–Trinajstić information content (AvgIpc) is 2.72. The standard InChI is InChI=1S/C12H11Cl2N3O2/c1-16(10-3-8(13)2-9(14)4-10)12(19)6-17-7-15-5-11(17)18/h2-4,7H,5-6H2,1H3. The van der Waals surface area contributed by atoms with Crippen LogP contribution in [0.25, 0.3) is 0 Å². The van der Waals surface area contributed by atoms with Crippen LogP contribution < -0.4 is 4.90 Å². The first-order valence-corrected chi connectivity index (χ1v) is 6.25. The number of halogens is 2. The van der Waals surface area contributed by atoms with E-state index in [-0.39, 0.29) is 24.9 Å². The molecule has 0 spiro atoms. The molecule has 0 unspecified atom stereocenters. The third-order valence-corrected chi connectivity index (χ3v) is 3.12. The lowest BCUT2D eigenvalue weighted by Gasteiger charge is -2.20. The van der Waals surface area contributed by atoms with Gasteiger partial charge < -0.3 is 4.90 Å². The Balaban J connectivity index is 2.10. The quantitative estimate of drug-likeness (QED) is 0.855. The Hall–Kier alpha value is -1.59. The van der Waals surface area contributed by atoms with E-state index in [4.69, 9.17) is 23.2 Å². The largest absolute Gasteiger partial charge is 0.314 e. The van der Waals surface area contributed by atoms with Crippen LogP contribution in [0.4, 0.5) is 5.69 Å². The van der Waals surface area contributed by atoms with E-state index in [0.29, 0.717) is 15.7 Å². The van der Waals surface area contributed by atoms with Crippen LogP contribution in [0.5, 0.6) is 0 Å². The molecule has 0 atom stereocenters. The summed E-state index contributed by atoms with van der Waals surface area (Å²) < 4.78 is 0. The molecule has 0 fully saturated rings. The highest BCUT2D eigenvalue weighted by molar-refractivity contribution is 6.35. The van der Waals surface area contributed by atoms with Crippen molar-refractivity contribution in [3.63, 3.8) is 0 Å². The lowest BCUT2D eigenvalue weighted by molar-refractivity contribution is -0.129. The number of hydrogen-bond donors (Lipinski definition) is 0. The number of rotatable bonds is 3. The SMILES string of the molecule is CN(C(=O)CN1C=NCC1=O)c1cc(Cl)cc(Cl)c1. The number of nitrogens with zero attached hydrogens (tertiary/aromatic N) is 3. The molecule has 1 aromatic rings. The molecule has 5 nitrogen and oxygen atoms in total. The first kappa shape index (κ1) is 13.8. The predicted octanol–water partition coefficient (Wildman–Crippen LogP) is 1.83. The van der Waals surface area contributed by atoms with Crippen molar-refractivity contribution in [3.05, 3.63) is 28.2 Å². The predicted molar refractivity (Wildman–Crippen MR) is 74.9 cm³/mol. The van der Waals surface area contributed by atoms with Gasteiger partial charge in [-0.1, -0.05) is 23.2 Å². The van der Waals surface area contributed by atoms with E-state index >= 15 is 0 Å². The van der Waals surface area contributed by atoms with Gasteiger partial charge in [-0.05, 0) is 18.2 Å². The Bertz CT molecular complexity index is 540. The van der Waals surface area contributed by atoms with Crippen LogP contribution in [0.2, 0.25) is 10.0 Å². The van der Waals surface area contributed by atoms with Crippen molar-refractivity contribution in [2.24, 2.45) is 4.99 Å². The Morgan fingerprint density at radius 3 is 2.53 bits per heavy atom. The molecule has 0 saturated carbocycles. The number of amides is 2. The number of carbonyl (C=O) groups is 2. The number of benzene rings is 1. The Kier molecular flexibility index (Phi) is 4.07. The normalized spacial score (nSPS) is 14.1. The second-order valence-corrected chi connectivity index (χ2v) is 4.93. The highest BCUT2D eigenvalue weighted by Gasteiger charge is 2.21. The fourth-order valence-corrected chi connectivity index (χ4v) is 2.14. The molecule has 0 N–H and O–H groups in total. The Morgan fingerprint density at radius 1 is 1.37 bits per heavy atom. The zero-order valence-electron chi connectivity index (χ0n) is 10.1. The van der Waals surface area contributed by atoms with Crippen LogP contribution in [0.15, 0.2) is 23.2 Å². The molecule has 19 heavy (non-hydrogen) atoms. The maximum Gasteiger partial charge on any atom is 0.249 e. The van der Waals surface area contributed by atoms with E-state index in [0.717, 1.165) is 0 Å². The van der Waals surface area contributed by atoms with Gasteiger partial charge in [0.15, 0.2) is 0 Å². The summed E-state index contributed by atoms with van der Waals surface area (Å²) in [5.74, 6) is -0.439. The minimum atomic E-state index is -0.250. The number of hydrogen-bond acceptors (Lipinski definition) is 3. The van der Waals surface area contributed by atoms with Gasteiger partial charge in [0.2, 0.25) is 11.8 Å². The Labute approximate surface area is 120 Å². The first-order valence-electron chi connectivity index (χ1n) is 5.49. The van der Waals surface area contributed by atoms with Gasteiger partial charge in [-0.2, -0.15) is 0 Å². The van der Waals surface area contributed by atoms with E-state index in [2.05, 4.69) is 4.99 Å². The summed E-state index contributed by atoms with van der Waals surface area (Å²) in [6, 6.07) is 4.85. The summed E-state index contributed by atoms with van der Waals surface area (Å²) in [6.07, 6.45) is 1.37. The topological polar surface area (TPSA) is 53.0 Å². The monoisotopic (exact) mass is 299 g/mol. The minimum absolute atomic E-state index is 0.0526. The lowest BCUT2D eigenvalue weighted by Crippen LogP contribution is -2.39. The van der Waals surface area contributed by atoms with Gasteiger partial charge in [0.05, 0.1) is 6.34 Å². The van der Waals surface area contributed by atoms with Crippen LogP contribution in [0.1, 0.15) is 0 Å². The molecular weight excluding hydrogens is 289 g/mol. The summed E-state index contributed by atoms with van der Waals surface area (Å²) >= 11 is 11.8. The maximum absolute atomic E-state index is 12.1. The van der Waals surface area contributed by atoms with Crippen molar-refractivity contribution in [1.82, 2.24) is 4.90 Å². The maximum atomic E-state index is 12.1. The van der Waals surface area contributed by atoms with Gasteiger partial charge in [-0.25, -0.2) is 0 Å². The zero-order valence-corrected chi connectivity index (χ0v) is 11.6. The van der Waals surface area contributed by atoms with Crippen LogP contribution in [-0.4, -0.2) is 43.2 Å². The van der Waals surface area contributed by atoms with E-state index in [1.54, 1.807) is 25.2 Å². The second kappa shape index (κ2) is 5.59. The third-order valence-electron chi connectivity index (χ3n) is 2.68. The number of carbonyl (C=O) groups excluding carboxylic acids is 2. The minimum Gasteiger partial charge on any atom is -0.314 e. The molecule has 100 valence electrons. The fraction of sp³-hybridized carbons (Fsp3) is 0.250. The van der Waals surface area contributed by atoms with E-state index < -0.39 is 0 Å². The van der Waals surface area contributed by atoms with E-state index in [1.807, 2.05) is 0 Å². The summed E-state index contributed by atoms with van der Waals surface area (Å²) in [6.45, 7) is 0.0446. The molecule has 7 heteroatoms. The van der Waals surface area contributed by atoms with Crippen LogP contribution >= 0.6 is 23.2 Å².